The van der Waals surface area contributed by atoms with Gasteiger partial charge in [0.25, 0.3) is 0 Å². The van der Waals surface area contributed by atoms with Crippen molar-refractivity contribution in [2.75, 3.05) is 12.4 Å². The summed E-state index contributed by atoms with van der Waals surface area (Å²) in [5.41, 5.74) is 3.50. The summed E-state index contributed by atoms with van der Waals surface area (Å²) in [4.78, 5) is 10.4. The van der Waals surface area contributed by atoms with Crippen LogP contribution in [0.15, 0.2) is 11.4 Å². The van der Waals surface area contributed by atoms with Crippen molar-refractivity contribution < 1.29 is 0 Å². The van der Waals surface area contributed by atoms with Gasteiger partial charge in [-0.3, -0.25) is 0 Å². The van der Waals surface area contributed by atoms with Crippen LogP contribution in [0, 0.1) is 13.8 Å². The number of aromatic nitrogens is 2. The topological polar surface area (TPSA) is 37.8 Å². The zero-order valence-corrected chi connectivity index (χ0v) is 11.5. The van der Waals surface area contributed by atoms with Gasteiger partial charge < -0.3 is 5.32 Å². The summed E-state index contributed by atoms with van der Waals surface area (Å²) >= 11 is 1.69. The number of hydrogen-bond donors (Lipinski definition) is 1. The number of anilines is 1. The Balaban J connectivity index is 2.58. The standard InChI is InChI=1S/C13H17N3S/c1-5-10-9(3)15-13(16-12(10)14-4)11-8(2)6-7-17-11/h6-7H,5H2,1-4H3,(H,14,15,16). The van der Waals surface area contributed by atoms with E-state index in [-0.39, 0.29) is 0 Å². The van der Waals surface area contributed by atoms with Crippen molar-refractivity contribution in [2.24, 2.45) is 0 Å². The van der Waals surface area contributed by atoms with Crippen molar-refractivity contribution in [1.29, 1.82) is 0 Å². The maximum atomic E-state index is 4.62. The monoisotopic (exact) mass is 247 g/mol. The van der Waals surface area contributed by atoms with Gasteiger partial charge in [0.05, 0.1) is 4.88 Å². The number of rotatable bonds is 3. The van der Waals surface area contributed by atoms with Gasteiger partial charge in [-0.15, -0.1) is 11.3 Å². The summed E-state index contributed by atoms with van der Waals surface area (Å²) in [6.45, 7) is 6.27. The molecule has 17 heavy (non-hydrogen) atoms. The number of nitrogens with zero attached hydrogens (tertiary/aromatic N) is 2. The molecule has 0 aliphatic rings. The van der Waals surface area contributed by atoms with E-state index in [0.29, 0.717) is 0 Å². The Bertz CT molecular complexity index is 531. The fourth-order valence-corrected chi connectivity index (χ4v) is 2.79. The molecule has 0 aliphatic carbocycles. The van der Waals surface area contributed by atoms with E-state index in [1.165, 1.54) is 11.1 Å². The van der Waals surface area contributed by atoms with E-state index in [1.54, 1.807) is 11.3 Å². The maximum absolute atomic E-state index is 4.62. The first-order valence-corrected chi connectivity index (χ1v) is 6.65. The molecule has 0 saturated carbocycles. The molecular weight excluding hydrogens is 230 g/mol. The minimum atomic E-state index is 0.830. The van der Waals surface area contributed by atoms with Crippen molar-refractivity contribution in [3.8, 4) is 10.7 Å². The van der Waals surface area contributed by atoms with E-state index < -0.39 is 0 Å². The SMILES string of the molecule is CCc1c(C)nc(-c2sccc2C)nc1NC. The Labute approximate surface area is 106 Å². The summed E-state index contributed by atoms with van der Waals surface area (Å²) in [6, 6.07) is 2.10. The van der Waals surface area contributed by atoms with Crippen LogP contribution >= 0.6 is 11.3 Å². The van der Waals surface area contributed by atoms with Crippen LogP contribution in [-0.4, -0.2) is 17.0 Å². The summed E-state index contributed by atoms with van der Waals surface area (Å²) in [5.74, 6) is 1.78. The molecule has 2 heterocycles. The average molecular weight is 247 g/mol. The molecule has 0 fully saturated rings. The molecule has 90 valence electrons. The molecule has 1 N–H and O–H groups in total. The van der Waals surface area contributed by atoms with Crippen LogP contribution in [0.2, 0.25) is 0 Å². The van der Waals surface area contributed by atoms with Crippen LogP contribution in [0.3, 0.4) is 0 Å². The zero-order valence-electron chi connectivity index (χ0n) is 10.7. The lowest BCUT2D eigenvalue weighted by Crippen LogP contribution is -2.04. The third-order valence-electron chi connectivity index (χ3n) is 2.87. The lowest BCUT2D eigenvalue weighted by Gasteiger charge is -2.11. The normalized spacial score (nSPS) is 10.6. The highest BCUT2D eigenvalue weighted by molar-refractivity contribution is 7.13. The first-order chi connectivity index (χ1) is 8.17. The predicted octanol–water partition coefficient (Wildman–Crippen LogP) is 3.43. The van der Waals surface area contributed by atoms with Gasteiger partial charge in [0.15, 0.2) is 5.82 Å². The quantitative estimate of drug-likeness (QED) is 0.903. The summed E-state index contributed by atoms with van der Waals surface area (Å²) in [5, 5.41) is 5.24. The molecule has 0 bridgehead atoms. The van der Waals surface area contributed by atoms with Crippen molar-refractivity contribution in [3.05, 3.63) is 28.3 Å². The van der Waals surface area contributed by atoms with Gasteiger partial charge in [0.1, 0.15) is 5.82 Å². The molecule has 2 aromatic heterocycles. The number of nitrogens with one attached hydrogen (secondary N) is 1. The Morgan fingerprint density at radius 1 is 1.29 bits per heavy atom. The molecule has 0 aliphatic heterocycles. The molecule has 2 aromatic rings. The molecular formula is C13H17N3S. The molecule has 0 spiro atoms. The lowest BCUT2D eigenvalue weighted by molar-refractivity contribution is 1.00. The van der Waals surface area contributed by atoms with Crippen LogP contribution in [0.25, 0.3) is 10.7 Å². The van der Waals surface area contributed by atoms with Gasteiger partial charge in [-0.25, -0.2) is 9.97 Å². The second kappa shape index (κ2) is 4.84. The van der Waals surface area contributed by atoms with Gasteiger partial charge in [-0.2, -0.15) is 0 Å². The summed E-state index contributed by atoms with van der Waals surface area (Å²) < 4.78 is 0. The van der Waals surface area contributed by atoms with Crippen LogP contribution in [0.4, 0.5) is 5.82 Å². The first-order valence-electron chi connectivity index (χ1n) is 5.77. The van der Waals surface area contributed by atoms with Crippen LogP contribution < -0.4 is 5.32 Å². The van der Waals surface area contributed by atoms with Gasteiger partial charge in [0, 0.05) is 18.3 Å². The molecule has 0 unspecified atom stereocenters. The molecule has 0 radical (unpaired) electrons. The molecule has 0 atom stereocenters. The zero-order chi connectivity index (χ0) is 12.4. The van der Waals surface area contributed by atoms with Gasteiger partial charge in [0.2, 0.25) is 0 Å². The summed E-state index contributed by atoms with van der Waals surface area (Å²) in [6.07, 6.45) is 0.950. The van der Waals surface area contributed by atoms with E-state index in [2.05, 4.69) is 40.6 Å². The first kappa shape index (κ1) is 12.0. The predicted molar refractivity (Wildman–Crippen MR) is 73.7 cm³/mol. The van der Waals surface area contributed by atoms with Gasteiger partial charge >= 0.3 is 0 Å². The summed E-state index contributed by atoms with van der Waals surface area (Å²) in [7, 11) is 1.91. The van der Waals surface area contributed by atoms with E-state index >= 15 is 0 Å². The van der Waals surface area contributed by atoms with Crippen LogP contribution in [0.5, 0.6) is 0 Å². The Hall–Kier alpha value is -1.42. The molecule has 2 rings (SSSR count). The minimum absolute atomic E-state index is 0.830. The molecule has 3 nitrogen and oxygen atoms in total. The molecule has 0 amide bonds. The third kappa shape index (κ3) is 2.17. The fraction of sp³-hybridized carbons (Fsp3) is 0.385. The molecule has 4 heteroatoms. The number of hydrogen-bond acceptors (Lipinski definition) is 4. The average Bonchev–Trinajstić information content (AvgIpc) is 2.74. The van der Waals surface area contributed by atoms with E-state index in [9.17, 15) is 0 Å². The van der Waals surface area contributed by atoms with Gasteiger partial charge in [-0.1, -0.05) is 6.92 Å². The highest BCUT2D eigenvalue weighted by atomic mass is 32.1. The van der Waals surface area contributed by atoms with E-state index in [4.69, 9.17) is 0 Å². The highest BCUT2D eigenvalue weighted by Gasteiger charge is 2.12. The fourth-order valence-electron chi connectivity index (χ4n) is 1.93. The lowest BCUT2D eigenvalue weighted by atomic mass is 10.1. The van der Waals surface area contributed by atoms with Crippen molar-refractivity contribution >= 4 is 17.2 Å². The minimum Gasteiger partial charge on any atom is -0.373 e. The molecule has 0 saturated heterocycles. The number of aryl methyl sites for hydroxylation is 2. The van der Waals surface area contributed by atoms with E-state index in [0.717, 1.165) is 28.6 Å². The number of thiophene rings is 1. The van der Waals surface area contributed by atoms with Crippen LogP contribution in [-0.2, 0) is 6.42 Å². The Morgan fingerprint density at radius 3 is 2.59 bits per heavy atom. The van der Waals surface area contributed by atoms with Crippen molar-refractivity contribution in [3.63, 3.8) is 0 Å². The third-order valence-corrected chi connectivity index (χ3v) is 3.88. The largest absolute Gasteiger partial charge is 0.373 e. The highest BCUT2D eigenvalue weighted by Crippen LogP contribution is 2.28. The smallest absolute Gasteiger partial charge is 0.172 e. The second-order valence-corrected chi connectivity index (χ2v) is 4.91. The van der Waals surface area contributed by atoms with E-state index in [1.807, 2.05) is 14.0 Å². The Kier molecular flexibility index (Phi) is 3.43. The maximum Gasteiger partial charge on any atom is 0.172 e. The second-order valence-electron chi connectivity index (χ2n) is 4.00. The van der Waals surface area contributed by atoms with Gasteiger partial charge in [-0.05, 0) is 37.3 Å². The van der Waals surface area contributed by atoms with Crippen molar-refractivity contribution in [1.82, 2.24) is 9.97 Å². The Morgan fingerprint density at radius 2 is 2.06 bits per heavy atom. The van der Waals surface area contributed by atoms with Crippen LogP contribution in [0.1, 0.15) is 23.7 Å². The van der Waals surface area contributed by atoms with Crippen molar-refractivity contribution in [2.45, 2.75) is 27.2 Å². The molecule has 0 aromatic carbocycles.